The van der Waals surface area contributed by atoms with Gasteiger partial charge in [0, 0.05) is 9.64 Å². The van der Waals surface area contributed by atoms with Gasteiger partial charge in [0.2, 0.25) is 0 Å². The van der Waals surface area contributed by atoms with E-state index >= 15 is 0 Å². The Balaban J connectivity index is 2.46. The summed E-state index contributed by atoms with van der Waals surface area (Å²) < 4.78 is 55.9. The number of rotatable bonds is 1. The summed E-state index contributed by atoms with van der Waals surface area (Å²) in [6, 6.07) is 4.21. The number of nitrogens with one attached hydrogen (secondary N) is 1. The van der Waals surface area contributed by atoms with Crippen LogP contribution < -0.4 is 5.69 Å². The zero-order valence-corrected chi connectivity index (χ0v) is 12.2. The second kappa shape index (κ2) is 4.86. The molecule has 0 spiro atoms. The maximum Gasteiger partial charge on any atom is 0.331 e. The van der Waals surface area contributed by atoms with Crippen LogP contribution in [-0.4, -0.2) is 9.55 Å². The van der Waals surface area contributed by atoms with Gasteiger partial charge in [-0.05, 0) is 40.8 Å². The van der Waals surface area contributed by atoms with Crippen molar-refractivity contribution in [1.29, 1.82) is 0 Å². The molecule has 0 aliphatic heterocycles. The van der Waals surface area contributed by atoms with E-state index in [4.69, 9.17) is 0 Å². The molecule has 1 heterocycles. The van der Waals surface area contributed by atoms with Crippen molar-refractivity contribution in [2.75, 3.05) is 0 Å². The van der Waals surface area contributed by atoms with E-state index in [0.29, 0.717) is 14.2 Å². The SMILES string of the molecule is O=c1[nH]c2c(F)c(F)cc(F)c2n1-c1ccc(I)cc1F. The van der Waals surface area contributed by atoms with E-state index in [0.717, 1.165) is 6.07 Å². The predicted octanol–water partition coefficient (Wildman–Crippen LogP) is 3.48. The van der Waals surface area contributed by atoms with Gasteiger partial charge in [0.25, 0.3) is 0 Å². The number of fused-ring (bicyclic) bond motifs is 1. The molecule has 2 aromatic carbocycles. The topological polar surface area (TPSA) is 37.8 Å². The second-order valence-corrected chi connectivity index (χ2v) is 5.48. The molecule has 3 rings (SSSR count). The Labute approximate surface area is 128 Å². The van der Waals surface area contributed by atoms with Gasteiger partial charge in [-0.1, -0.05) is 0 Å². The lowest BCUT2D eigenvalue weighted by molar-refractivity contribution is 0.504. The summed E-state index contributed by atoms with van der Waals surface area (Å²) in [6.07, 6.45) is 0. The summed E-state index contributed by atoms with van der Waals surface area (Å²) in [6.45, 7) is 0. The van der Waals surface area contributed by atoms with Crippen LogP contribution in [0.25, 0.3) is 16.7 Å². The van der Waals surface area contributed by atoms with Crippen molar-refractivity contribution < 1.29 is 17.6 Å². The minimum Gasteiger partial charge on any atom is -0.303 e. The van der Waals surface area contributed by atoms with E-state index < -0.39 is 40.0 Å². The van der Waals surface area contributed by atoms with Crippen molar-refractivity contribution in [3.05, 3.63) is 61.6 Å². The molecule has 0 aliphatic carbocycles. The highest BCUT2D eigenvalue weighted by molar-refractivity contribution is 14.1. The number of H-pyrrole nitrogens is 1. The maximum absolute atomic E-state index is 14.0. The number of hydrogen-bond acceptors (Lipinski definition) is 1. The molecule has 0 unspecified atom stereocenters. The zero-order chi connectivity index (χ0) is 15.3. The molecule has 0 amide bonds. The quantitative estimate of drug-likeness (QED) is 0.374. The first-order chi connectivity index (χ1) is 9.90. The van der Waals surface area contributed by atoms with Crippen molar-refractivity contribution in [1.82, 2.24) is 9.55 Å². The van der Waals surface area contributed by atoms with E-state index in [1.54, 1.807) is 0 Å². The van der Waals surface area contributed by atoms with E-state index in [2.05, 4.69) is 0 Å². The van der Waals surface area contributed by atoms with Gasteiger partial charge in [-0.2, -0.15) is 0 Å². The van der Waals surface area contributed by atoms with Gasteiger partial charge in [-0.15, -0.1) is 0 Å². The third-order valence-corrected chi connectivity index (χ3v) is 3.63. The summed E-state index contributed by atoms with van der Waals surface area (Å²) in [5, 5.41) is 0. The van der Waals surface area contributed by atoms with Crippen LogP contribution >= 0.6 is 22.6 Å². The number of imidazole rings is 1. The molecule has 108 valence electrons. The lowest BCUT2D eigenvalue weighted by Gasteiger charge is -2.06. The molecule has 21 heavy (non-hydrogen) atoms. The van der Waals surface area contributed by atoms with Gasteiger partial charge < -0.3 is 4.98 Å². The number of nitrogens with zero attached hydrogens (tertiary/aromatic N) is 1. The van der Waals surface area contributed by atoms with Crippen molar-refractivity contribution in [3.8, 4) is 5.69 Å². The van der Waals surface area contributed by atoms with Gasteiger partial charge in [0.05, 0.1) is 5.69 Å². The van der Waals surface area contributed by atoms with Crippen LogP contribution in [0.5, 0.6) is 0 Å². The molecule has 0 aliphatic rings. The smallest absolute Gasteiger partial charge is 0.303 e. The lowest BCUT2D eigenvalue weighted by Crippen LogP contribution is -2.16. The summed E-state index contributed by atoms with van der Waals surface area (Å²) in [7, 11) is 0. The molecule has 0 saturated heterocycles. The van der Waals surface area contributed by atoms with Crippen molar-refractivity contribution >= 4 is 33.6 Å². The largest absolute Gasteiger partial charge is 0.331 e. The first kappa shape index (κ1) is 14.1. The van der Waals surface area contributed by atoms with Gasteiger partial charge in [-0.3, -0.25) is 4.57 Å². The minimum atomic E-state index is -1.43. The van der Waals surface area contributed by atoms with Crippen molar-refractivity contribution in [2.45, 2.75) is 0 Å². The van der Waals surface area contributed by atoms with Crippen LogP contribution in [0.4, 0.5) is 17.6 Å². The molecule has 0 atom stereocenters. The molecule has 3 aromatic rings. The molecule has 0 saturated carbocycles. The van der Waals surface area contributed by atoms with E-state index in [1.165, 1.54) is 12.1 Å². The average Bonchev–Trinajstić information content (AvgIpc) is 2.74. The minimum absolute atomic E-state index is 0.253. The van der Waals surface area contributed by atoms with Gasteiger partial charge in [0.15, 0.2) is 17.5 Å². The summed E-state index contributed by atoms with van der Waals surface area (Å²) in [4.78, 5) is 13.9. The Morgan fingerprint density at radius 2 is 1.71 bits per heavy atom. The van der Waals surface area contributed by atoms with Crippen LogP contribution in [0.2, 0.25) is 0 Å². The number of aromatic amines is 1. The van der Waals surface area contributed by atoms with Crippen molar-refractivity contribution in [3.63, 3.8) is 0 Å². The molecule has 0 radical (unpaired) electrons. The maximum atomic E-state index is 14.0. The zero-order valence-electron chi connectivity index (χ0n) is 10.1. The summed E-state index contributed by atoms with van der Waals surface area (Å²) >= 11 is 1.86. The average molecular weight is 408 g/mol. The second-order valence-electron chi connectivity index (χ2n) is 4.24. The standard InChI is InChI=1S/C13H5F4IN2O/c14-6-3-5(18)1-2-9(6)20-12-8(16)4-7(15)10(17)11(12)19-13(20)21/h1-4H,(H,19,21). The highest BCUT2D eigenvalue weighted by atomic mass is 127. The van der Waals surface area contributed by atoms with Crippen LogP contribution in [0.3, 0.4) is 0 Å². The highest BCUT2D eigenvalue weighted by Crippen LogP contribution is 2.25. The normalized spacial score (nSPS) is 11.3. The van der Waals surface area contributed by atoms with E-state index in [9.17, 15) is 22.4 Å². The van der Waals surface area contributed by atoms with Crippen LogP contribution in [-0.2, 0) is 0 Å². The van der Waals surface area contributed by atoms with Gasteiger partial charge in [0.1, 0.15) is 16.9 Å². The third-order valence-electron chi connectivity index (χ3n) is 2.95. The van der Waals surface area contributed by atoms with E-state index in [1.807, 2.05) is 27.6 Å². The van der Waals surface area contributed by atoms with Crippen molar-refractivity contribution in [2.24, 2.45) is 0 Å². The number of halogens is 5. The molecule has 1 N–H and O–H groups in total. The molecule has 1 aromatic heterocycles. The molecule has 0 fully saturated rings. The summed E-state index contributed by atoms with van der Waals surface area (Å²) in [5.41, 5.74) is -2.40. The Morgan fingerprint density at radius 1 is 1.00 bits per heavy atom. The molecular formula is C13H5F4IN2O. The Kier molecular flexibility index (Phi) is 3.27. The highest BCUT2D eigenvalue weighted by Gasteiger charge is 2.21. The molecular weight excluding hydrogens is 403 g/mol. The summed E-state index contributed by atoms with van der Waals surface area (Å²) in [5.74, 6) is -4.78. The predicted molar refractivity (Wildman–Crippen MR) is 76.4 cm³/mol. The van der Waals surface area contributed by atoms with Crippen LogP contribution in [0.15, 0.2) is 29.1 Å². The van der Waals surface area contributed by atoms with Gasteiger partial charge in [-0.25, -0.2) is 22.4 Å². The van der Waals surface area contributed by atoms with Crippen LogP contribution in [0.1, 0.15) is 0 Å². The Hall–Kier alpha value is -1.84. The number of aromatic nitrogens is 2. The monoisotopic (exact) mass is 408 g/mol. The van der Waals surface area contributed by atoms with E-state index in [-0.39, 0.29) is 5.69 Å². The lowest BCUT2D eigenvalue weighted by atomic mass is 10.2. The molecule has 0 bridgehead atoms. The Bertz CT molecular complexity index is 932. The van der Waals surface area contributed by atoms with Crippen LogP contribution in [0, 0.1) is 26.8 Å². The first-order valence-electron chi connectivity index (χ1n) is 5.64. The third kappa shape index (κ3) is 2.13. The van der Waals surface area contributed by atoms with Gasteiger partial charge >= 0.3 is 5.69 Å². The molecule has 3 nitrogen and oxygen atoms in total. The molecule has 8 heteroatoms. The Morgan fingerprint density at radius 3 is 2.38 bits per heavy atom. The fraction of sp³-hybridized carbons (Fsp3) is 0. The first-order valence-corrected chi connectivity index (χ1v) is 6.71. The fourth-order valence-electron chi connectivity index (χ4n) is 2.08. The number of hydrogen-bond donors (Lipinski definition) is 1. The number of benzene rings is 2. The fourth-order valence-corrected chi connectivity index (χ4v) is 2.53.